The van der Waals surface area contributed by atoms with Gasteiger partial charge in [-0.2, -0.15) is 0 Å². The highest BCUT2D eigenvalue weighted by molar-refractivity contribution is 5.98. The molecule has 0 fully saturated rings. The molecule has 0 aliphatic rings. The lowest BCUT2D eigenvalue weighted by atomic mass is 10.1. The molecule has 15 heavy (non-hydrogen) atoms. The second-order valence-corrected chi connectivity index (χ2v) is 2.51. The van der Waals surface area contributed by atoms with Crippen molar-refractivity contribution >= 4 is 17.3 Å². The molecule has 0 saturated heterocycles. The lowest BCUT2D eigenvalue weighted by Crippen LogP contribution is -2.11. The minimum Gasteiger partial charge on any atom is -0.366 e. The Kier molecular flexibility index (Phi) is 2.85. The maximum atomic E-state index is 10.9. The van der Waals surface area contributed by atoms with Crippen LogP contribution in [-0.4, -0.2) is 10.8 Å². The highest BCUT2D eigenvalue weighted by atomic mass is 16.6. The van der Waals surface area contributed by atoms with Crippen LogP contribution >= 0.6 is 0 Å². The van der Waals surface area contributed by atoms with Gasteiger partial charge < -0.3 is 5.73 Å². The number of carbonyl (C=O) groups is 1. The van der Waals surface area contributed by atoms with Crippen LogP contribution in [0.4, 0.5) is 11.4 Å². The zero-order valence-electron chi connectivity index (χ0n) is 7.32. The van der Waals surface area contributed by atoms with Gasteiger partial charge >= 0.3 is 0 Å². The first kappa shape index (κ1) is 10.5. The maximum absolute atomic E-state index is 10.9. The van der Waals surface area contributed by atoms with Gasteiger partial charge in [0.25, 0.3) is 5.69 Å². The van der Waals surface area contributed by atoms with Crippen molar-refractivity contribution in [1.29, 1.82) is 0 Å². The lowest BCUT2D eigenvalue weighted by molar-refractivity contribution is -0.384. The van der Waals surface area contributed by atoms with Crippen molar-refractivity contribution in [2.75, 3.05) is 0 Å². The molecule has 76 valence electrons. The first-order valence-electron chi connectivity index (χ1n) is 3.69. The first-order chi connectivity index (χ1) is 7.06. The fourth-order valence-corrected chi connectivity index (χ4v) is 0.970. The summed E-state index contributed by atoms with van der Waals surface area (Å²) in [7, 11) is 0. The minimum absolute atomic E-state index is 0.0319. The Morgan fingerprint density at radius 2 is 2.27 bits per heavy atom. The van der Waals surface area contributed by atoms with Crippen LogP contribution in [0.15, 0.2) is 23.3 Å². The largest absolute Gasteiger partial charge is 0.366 e. The number of amides is 1. The molecule has 0 saturated carbocycles. The molecule has 1 amide bonds. The molecule has 0 spiro atoms. The highest BCUT2D eigenvalue weighted by Crippen LogP contribution is 2.24. The monoisotopic (exact) mass is 207 g/mol. The fraction of sp³-hybridized carbons (Fsp3) is 0. The average Bonchev–Trinajstić information content (AvgIpc) is 2.18. The number of nitrogens with zero attached hydrogens (tertiary/aromatic N) is 4. The number of hydrogen-bond donors (Lipinski definition) is 1. The van der Waals surface area contributed by atoms with Gasteiger partial charge in [-0.15, -0.1) is 0 Å². The third-order valence-electron chi connectivity index (χ3n) is 1.61. The molecule has 0 atom stereocenters. The highest BCUT2D eigenvalue weighted by Gasteiger charge is 2.13. The van der Waals surface area contributed by atoms with E-state index in [4.69, 9.17) is 11.3 Å². The van der Waals surface area contributed by atoms with Gasteiger partial charge in [-0.3, -0.25) is 14.9 Å². The molecule has 1 rings (SSSR count). The molecule has 1 aromatic rings. The molecule has 0 aliphatic heterocycles. The van der Waals surface area contributed by atoms with Crippen molar-refractivity contribution in [3.63, 3.8) is 0 Å². The van der Waals surface area contributed by atoms with Crippen molar-refractivity contribution in [2.24, 2.45) is 10.8 Å². The summed E-state index contributed by atoms with van der Waals surface area (Å²) < 4.78 is 0. The third kappa shape index (κ3) is 2.20. The third-order valence-corrected chi connectivity index (χ3v) is 1.61. The van der Waals surface area contributed by atoms with Crippen molar-refractivity contribution in [1.82, 2.24) is 0 Å². The van der Waals surface area contributed by atoms with Gasteiger partial charge in [0, 0.05) is 17.0 Å². The van der Waals surface area contributed by atoms with Crippen LogP contribution in [0, 0.1) is 10.1 Å². The lowest BCUT2D eigenvalue weighted by Gasteiger charge is -1.99. The summed E-state index contributed by atoms with van der Waals surface area (Å²) in [4.78, 5) is 23.1. The minimum atomic E-state index is -0.888. The summed E-state index contributed by atoms with van der Waals surface area (Å²) >= 11 is 0. The second-order valence-electron chi connectivity index (χ2n) is 2.51. The van der Waals surface area contributed by atoms with E-state index < -0.39 is 10.8 Å². The average molecular weight is 207 g/mol. The molecule has 0 aliphatic carbocycles. The van der Waals surface area contributed by atoms with Gasteiger partial charge in [0.15, 0.2) is 0 Å². The van der Waals surface area contributed by atoms with Gasteiger partial charge in [0.2, 0.25) is 5.91 Å². The molecule has 0 aromatic heterocycles. The summed E-state index contributed by atoms with van der Waals surface area (Å²) in [6, 6.07) is 3.25. The SMILES string of the molecule is [N-]=[N+]=Nc1ccc([N+](=O)[O-])cc1C(N)=O. The normalized spacial score (nSPS) is 9.07. The van der Waals surface area contributed by atoms with E-state index in [1.807, 2.05) is 0 Å². The number of nitro groups is 1. The number of carbonyl (C=O) groups excluding carboxylic acids is 1. The van der Waals surface area contributed by atoms with Crippen LogP contribution < -0.4 is 5.73 Å². The van der Waals surface area contributed by atoms with E-state index in [0.717, 1.165) is 18.2 Å². The van der Waals surface area contributed by atoms with E-state index in [9.17, 15) is 14.9 Å². The molecule has 0 radical (unpaired) electrons. The molecular formula is C7H5N5O3. The van der Waals surface area contributed by atoms with E-state index in [2.05, 4.69) is 10.0 Å². The number of azide groups is 1. The Morgan fingerprint density at radius 1 is 1.60 bits per heavy atom. The number of nitro benzene ring substituents is 1. The van der Waals surface area contributed by atoms with Gasteiger partial charge in [-0.25, -0.2) is 0 Å². The van der Waals surface area contributed by atoms with E-state index in [-0.39, 0.29) is 16.9 Å². The van der Waals surface area contributed by atoms with Gasteiger partial charge in [0.1, 0.15) is 0 Å². The van der Waals surface area contributed by atoms with Gasteiger partial charge in [-0.1, -0.05) is 5.11 Å². The molecular weight excluding hydrogens is 202 g/mol. The topological polar surface area (TPSA) is 135 Å². The summed E-state index contributed by atoms with van der Waals surface area (Å²) in [5.74, 6) is -0.888. The standard InChI is InChI=1S/C7H5N5O3/c8-7(13)5-3-4(12(14)15)1-2-6(5)10-11-9/h1-3H,(H2,8,13). The summed E-state index contributed by atoms with van der Waals surface area (Å²) in [5.41, 5.74) is 12.6. The number of benzene rings is 1. The van der Waals surface area contributed by atoms with Crippen molar-refractivity contribution in [3.8, 4) is 0 Å². The predicted molar refractivity (Wildman–Crippen MR) is 50.4 cm³/mol. The van der Waals surface area contributed by atoms with Gasteiger partial charge in [0.05, 0.1) is 16.2 Å². The maximum Gasteiger partial charge on any atom is 0.270 e. The predicted octanol–water partition coefficient (Wildman–Crippen LogP) is 1.64. The zero-order chi connectivity index (χ0) is 11.4. The summed E-state index contributed by atoms with van der Waals surface area (Å²) in [6.07, 6.45) is 0. The van der Waals surface area contributed by atoms with E-state index >= 15 is 0 Å². The fourth-order valence-electron chi connectivity index (χ4n) is 0.970. The van der Waals surface area contributed by atoms with Crippen LogP contribution in [0.25, 0.3) is 10.4 Å². The van der Waals surface area contributed by atoms with Crippen LogP contribution in [0.5, 0.6) is 0 Å². The van der Waals surface area contributed by atoms with Crippen LogP contribution in [0.1, 0.15) is 10.4 Å². The summed E-state index contributed by atoms with van der Waals surface area (Å²) in [5, 5.41) is 13.6. The van der Waals surface area contributed by atoms with E-state index in [1.54, 1.807) is 0 Å². The van der Waals surface area contributed by atoms with Crippen molar-refractivity contribution in [3.05, 3.63) is 44.3 Å². The molecule has 0 bridgehead atoms. The van der Waals surface area contributed by atoms with E-state index in [0.29, 0.717) is 0 Å². The molecule has 8 nitrogen and oxygen atoms in total. The Labute approximate surface area is 83.1 Å². The Bertz CT molecular complexity index is 478. The zero-order valence-corrected chi connectivity index (χ0v) is 7.32. The second kappa shape index (κ2) is 4.07. The number of hydrogen-bond acceptors (Lipinski definition) is 4. The molecule has 0 unspecified atom stereocenters. The van der Waals surface area contributed by atoms with Gasteiger partial charge in [-0.05, 0) is 11.6 Å². The van der Waals surface area contributed by atoms with Crippen LogP contribution in [0.3, 0.4) is 0 Å². The van der Waals surface area contributed by atoms with Crippen LogP contribution in [0.2, 0.25) is 0 Å². The van der Waals surface area contributed by atoms with E-state index in [1.165, 1.54) is 0 Å². The Balaban J connectivity index is 3.39. The smallest absolute Gasteiger partial charge is 0.270 e. The number of non-ortho nitro benzene ring substituents is 1. The van der Waals surface area contributed by atoms with Crippen molar-refractivity contribution in [2.45, 2.75) is 0 Å². The molecule has 0 heterocycles. The number of nitrogens with two attached hydrogens (primary N) is 1. The Morgan fingerprint density at radius 3 is 2.73 bits per heavy atom. The molecule has 1 aromatic carbocycles. The molecule has 8 heteroatoms. The number of primary amides is 1. The number of rotatable bonds is 3. The quantitative estimate of drug-likeness (QED) is 0.265. The van der Waals surface area contributed by atoms with Crippen molar-refractivity contribution < 1.29 is 9.72 Å². The molecule has 2 N–H and O–H groups in total. The Hall–Kier alpha value is -2.60. The first-order valence-corrected chi connectivity index (χ1v) is 3.69. The summed E-state index contributed by atoms with van der Waals surface area (Å²) in [6.45, 7) is 0. The van der Waals surface area contributed by atoms with Crippen LogP contribution in [-0.2, 0) is 0 Å².